The number of fused-ring (bicyclic) bond motifs is 2. The highest BCUT2D eigenvalue weighted by Gasteiger charge is 2.35. The van der Waals surface area contributed by atoms with Gasteiger partial charge in [0, 0.05) is 29.9 Å². The highest BCUT2D eigenvalue weighted by atomic mass is 19.3. The number of hydrogen-bond donors (Lipinski definition) is 1. The minimum Gasteiger partial charge on any atom is -0.394 e. The first-order valence-electron chi connectivity index (χ1n) is 11.4. The largest absolute Gasteiger partial charge is 0.394 e. The van der Waals surface area contributed by atoms with Crippen molar-refractivity contribution in [1.82, 2.24) is 29.4 Å². The quantitative estimate of drug-likeness (QED) is 0.402. The van der Waals surface area contributed by atoms with Crippen molar-refractivity contribution in [3.63, 3.8) is 0 Å². The summed E-state index contributed by atoms with van der Waals surface area (Å²) >= 11 is 0. The molecule has 1 fully saturated rings. The van der Waals surface area contributed by atoms with Crippen molar-refractivity contribution in [3.8, 4) is 23.0 Å². The zero-order valence-corrected chi connectivity index (χ0v) is 19.2. The Labute approximate surface area is 203 Å². The number of nitrogens with zero attached hydrogens (tertiary/aromatic N) is 8. The third-order valence-corrected chi connectivity index (χ3v) is 6.62. The van der Waals surface area contributed by atoms with Crippen molar-refractivity contribution in [1.29, 1.82) is 5.26 Å². The third-order valence-electron chi connectivity index (χ3n) is 6.62. The lowest BCUT2D eigenvalue weighted by atomic mass is 9.96. The Morgan fingerprint density at radius 3 is 2.72 bits per heavy atom. The second-order valence-corrected chi connectivity index (χ2v) is 8.61. The van der Waals surface area contributed by atoms with Gasteiger partial charge in [0.15, 0.2) is 11.5 Å². The van der Waals surface area contributed by atoms with Crippen LogP contribution in [0.5, 0.6) is 0 Å². The molecular formula is C25H20F2N8O. The Balaban J connectivity index is 1.65. The lowest BCUT2D eigenvalue weighted by Gasteiger charge is -2.42. The van der Waals surface area contributed by atoms with E-state index in [4.69, 9.17) is 4.98 Å². The maximum Gasteiger partial charge on any atom is 0.283 e. The van der Waals surface area contributed by atoms with Crippen molar-refractivity contribution in [2.45, 2.75) is 25.8 Å². The maximum atomic E-state index is 13.8. The van der Waals surface area contributed by atoms with E-state index in [0.717, 1.165) is 22.9 Å². The Bertz CT molecular complexity index is 1650. The molecule has 1 aliphatic heterocycles. The summed E-state index contributed by atoms with van der Waals surface area (Å²) in [6, 6.07) is 13.0. The number of nitriles is 1. The molecule has 0 unspecified atom stereocenters. The van der Waals surface area contributed by atoms with Gasteiger partial charge >= 0.3 is 0 Å². The lowest BCUT2D eigenvalue weighted by Crippen LogP contribution is -2.51. The predicted molar refractivity (Wildman–Crippen MR) is 128 cm³/mol. The van der Waals surface area contributed by atoms with E-state index in [-0.39, 0.29) is 23.9 Å². The van der Waals surface area contributed by atoms with Crippen LogP contribution in [-0.4, -0.2) is 53.7 Å². The first-order chi connectivity index (χ1) is 17.5. The van der Waals surface area contributed by atoms with Crippen LogP contribution in [0.25, 0.3) is 33.5 Å². The zero-order valence-electron chi connectivity index (χ0n) is 19.2. The molecule has 1 aliphatic rings. The van der Waals surface area contributed by atoms with Gasteiger partial charge < -0.3 is 10.0 Å². The second-order valence-electron chi connectivity index (χ2n) is 8.61. The molecule has 0 amide bonds. The molecule has 9 nitrogen and oxygen atoms in total. The molecule has 1 atom stereocenters. The van der Waals surface area contributed by atoms with Crippen LogP contribution in [0.2, 0.25) is 0 Å². The van der Waals surface area contributed by atoms with Gasteiger partial charge in [0.05, 0.1) is 23.9 Å². The number of aliphatic hydroxyl groups excluding tert-OH is 1. The number of aromatic nitrogens is 6. The summed E-state index contributed by atoms with van der Waals surface area (Å²) < 4.78 is 30.6. The van der Waals surface area contributed by atoms with Gasteiger partial charge in [0.1, 0.15) is 23.1 Å². The van der Waals surface area contributed by atoms with Gasteiger partial charge in [0.25, 0.3) is 6.43 Å². The summed E-state index contributed by atoms with van der Waals surface area (Å²) in [4.78, 5) is 11.3. The van der Waals surface area contributed by atoms with Gasteiger partial charge in [-0.15, -0.1) is 0 Å². The molecule has 1 aromatic carbocycles. The minimum absolute atomic E-state index is 0.0759. The number of aliphatic hydroxyl groups is 1. The molecule has 0 aliphatic carbocycles. The van der Waals surface area contributed by atoms with E-state index < -0.39 is 12.1 Å². The standard InChI is InChI=1S/C25H20F2N8O/c1-14-21(17-4-2-5-19-16(17)6-7-20(31-19)34-10-3-9-29-34)25(33-11-8-15(33)13-36)35-24(30-14)18(12-28)22(32-35)23(26)27/h2-7,9-10,15,23,36H,8,11,13H2,1H3/t15-/m0/s1. The van der Waals surface area contributed by atoms with Crippen LogP contribution in [0.1, 0.15) is 29.8 Å². The van der Waals surface area contributed by atoms with E-state index in [1.54, 1.807) is 17.8 Å². The smallest absolute Gasteiger partial charge is 0.283 e. The zero-order chi connectivity index (χ0) is 25.0. The van der Waals surface area contributed by atoms with Gasteiger partial charge in [0.2, 0.25) is 0 Å². The van der Waals surface area contributed by atoms with Gasteiger partial charge in [-0.25, -0.2) is 23.4 Å². The van der Waals surface area contributed by atoms with Gasteiger partial charge in [-0.1, -0.05) is 12.1 Å². The average molecular weight is 486 g/mol. The summed E-state index contributed by atoms with van der Waals surface area (Å²) in [7, 11) is 0. The normalized spacial score (nSPS) is 15.6. The van der Waals surface area contributed by atoms with Crippen molar-refractivity contribution < 1.29 is 13.9 Å². The molecule has 0 radical (unpaired) electrons. The van der Waals surface area contributed by atoms with E-state index in [1.165, 1.54) is 4.52 Å². The fourth-order valence-corrected chi connectivity index (χ4v) is 4.80. The molecular weight excluding hydrogens is 466 g/mol. The first kappa shape index (κ1) is 22.1. The van der Waals surface area contributed by atoms with E-state index in [1.807, 2.05) is 53.6 Å². The summed E-state index contributed by atoms with van der Waals surface area (Å²) in [6.07, 6.45) is 1.31. The molecule has 1 saturated heterocycles. The first-order valence-corrected chi connectivity index (χ1v) is 11.4. The number of alkyl halides is 2. The van der Waals surface area contributed by atoms with Crippen LogP contribution in [0.4, 0.5) is 14.6 Å². The third kappa shape index (κ3) is 3.22. The van der Waals surface area contributed by atoms with Crippen molar-refractivity contribution in [2.75, 3.05) is 18.1 Å². The fourth-order valence-electron chi connectivity index (χ4n) is 4.80. The predicted octanol–water partition coefficient (Wildman–Crippen LogP) is 3.82. The number of halogens is 2. The Kier molecular flexibility index (Phi) is 5.12. The molecule has 11 heteroatoms. The van der Waals surface area contributed by atoms with E-state index in [2.05, 4.69) is 15.2 Å². The summed E-state index contributed by atoms with van der Waals surface area (Å²) in [5.74, 6) is 1.18. The fraction of sp³-hybridized carbons (Fsp3) is 0.240. The number of aryl methyl sites for hydroxylation is 1. The Hall–Kier alpha value is -4.43. The van der Waals surface area contributed by atoms with Crippen LogP contribution < -0.4 is 4.90 Å². The summed E-state index contributed by atoms with van der Waals surface area (Å²) in [5.41, 5.74) is 1.99. The molecule has 4 aromatic heterocycles. The molecule has 5 aromatic rings. The van der Waals surface area contributed by atoms with E-state index >= 15 is 0 Å². The van der Waals surface area contributed by atoms with Crippen molar-refractivity contribution >= 4 is 22.4 Å². The topological polar surface area (TPSA) is 108 Å². The lowest BCUT2D eigenvalue weighted by molar-refractivity contribution is 0.145. The molecule has 6 rings (SSSR count). The number of benzene rings is 1. The maximum absolute atomic E-state index is 13.8. The van der Waals surface area contributed by atoms with Crippen LogP contribution in [0.15, 0.2) is 48.8 Å². The van der Waals surface area contributed by atoms with Crippen LogP contribution in [0, 0.1) is 18.3 Å². The number of pyridine rings is 1. The number of rotatable bonds is 5. The van der Waals surface area contributed by atoms with Gasteiger partial charge in [-0.3, -0.25) is 0 Å². The van der Waals surface area contributed by atoms with Gasteiger partial charge in [-0.2, -0.15) is 20.0 Å². The molecule has 180 valence electrons. The van der Waals surface area contributed by atoms with E-state index in [0.29, 0.717) is 29.4 Å². The molecule has 1 N–H and O–H groups in total. The number of anilines is 1. The highest BCUT2D eigenvalue weighted by molar-refractivity contribution is 5.99. The van der Waals surface area contributed by atoms with Crippen molar-refractivity contribution in [2.24, 2.45) is 0 Å². The van der Waals surface area contributed by atoms with Crippen LogP contribution >= 0.6 is 0 Å². The van der Waals surface area contributed by atoms with E-state index in [9.17, 15) is 19.1 Å². The van der Waals surface area contributed by atoms with Crippen LogP contribution in [-0.2, 0) is 0 Å². The SMILES string of the molecule is Cc1nc2c(C#N)c(C(F)F)nn2c(N2CC[C@H]2CO)c1-c1cccc2nc(-n3cccn3)ccc12. The highest BCUT2D eigenvalue weighted by Crippen LogP contribution is 2.41. The monoisotopic (exact) mass is 486 g/mol. The Morgan fingerprint density at radius 2 is 2.06 bits per heavy atom. The summed E-state index contributed by atoms with van der Waals surface area (Å²) in [6.45, 7) is 2.29. The molecule has 0 bridgehead atoms. The molecule has 5 heterocycles. The number of hydrogen-bond acceptors (Lipinski definition) is 7. The average Bonchev–Trinajstić information content (AvgIpc) is 3.51. The second kappa shape index (κ2) is 8.35. The molecule has 0 spiro atoms. The van der Waals surface area contributed by atoms with Gasteiger partial charge in [-0.05, 0) is 43.2 Å². The van der Waals surface area contributed by atoms with Crippen LogP contribution in [0.3, 0.4) is 0 Å². The molecule has 36 heavy (non-hydrogen) atoms. The molecule has 0 saturated carbocycles. The minimum atomic E-state index is -2.93. The Morgan fingerprint density at radius 1 is 1.19 bits per heavy atom. The van der Waals surface area contributed by atoms with Crippen molar-refractivity contribution in [3.05, 3.63) is 65.7 Å². The summed E-state index contributed by atoms with van der Waals surface area (Å²) in [5, 5.41) is 28.8.